The maximum Gasteiger partial charge on any atom is 0.254 e. The van der Waals surface area contributed by atoms with E-state index in [0.717, 1.165) is 4.47 Å². The number of halogens is 2. The molecule has 0 aliphatic carbocycles. The Balaban J connectivity index is 2.03. The monoisotopic (exact) mass is 471 g/mol. The summed E-state index contributed by atoms with van der Waals surface area (Å²) < 4.78 is 17.9. The van der Waals surface area contributed by atoms with Crippen molar-refractivity contribution in [3.63, 3.8) is 0 Å². The van der Waals surface area contributed by atoms with E-state index in [-0.39, 0.29) is 5.56 Å². The lowest BCUT2D eigenvalue weighted by Gasteiger charge is -2.18. The molecule has 0 aliphatic heterocycles. The van der Waals surface area contributed by atoms with Crippen molar-refractivity contribution in [2.75, 3.05) is 10.0 Å². The van der Waals surface area contributed by atoms with E-state index in [1.165, 1.54) is 15.9 Å². The van der Waals surface area contributed by atoms with Crippen LogP contribution < -0.4 is 15.6 Å². The molecule has 0 aliphatic rings. The number of hydrogen-bond acceptors (Lipinski definition) is 4. The number of aryl methyl sites for hydroxylation is 1. The van der Waals surface area contributed by atoms with Crippen molar-refractivity contribution in [2.45, 2.75) is 11.8 Å². The SMILES string of the molecule is Cc1cc(NS(=O)c2ccsc2)c(Nc2ccc(Br)cc2Cl)n(C)c1=O. The van der Waals surface area contributed by atoms with Crippen LogP contribution in [-0.2, 0) is 18.0 Å². The van der Waals surface area contributed by atoms with Gasteiger partial charge < -0.3 is 5.32 Å². The van der Waals surface area contributed by atoms with E-state index < -0.39 is 11.0 Å². The van der Waals surface area contributed by atoms with Gasteiger partial charge in [-0.25, -0.2) is 4.21 Å². The molecular weight excluding hydrogens is 458 g/mol. The third kappa shape index (κ3) is 4.03. The molecule has 0 saturated heterocycles. The molecule has 9 heteroatoms. The smallest absolute Gasteiger partial charge is 0.254 e. The van der Waals surface area contributed by atoms with Gasteiger partial charge in [-0.2, -0.15) is 11.3 Å². The van der Waals surface area contributed by atoms with Gasteiger partial charge in [-0.1, -0.05) is 27.5 Å². The molecule has 2 heterocycles. The average Bonchev–Trinajstić information content (AvgIpc) is 3.13. The van der Waals surface area contributed by atoms with Crippen molar-refractivity contribution in [3.05, 3.63) is 66.5 Å². The van der Waals surface area contributed by atoms with Gasteiger partial charge in [0.25, 0.3) is 5.56 Å². The quantitative estimate of drug-likeness (QED) is 0.546. The van der Waals surface area contributed by atoms with Crippen LogP contribution >= 0.6 is 38.9 Å². The molecule has 0 spiro atoms. The van der Waals surface area contributed by atoms with Crippen LogP contribution in [0.2, 0.25) is 5.02 Å². The molecule has 0 amide bonds. The topological polar surface area (TPSA) is 63.1 Å². The Hall–Kier alpha value is -1.61. The minimum Gasteiger partial charge on any atom is -0.339 e. The van der Waals surface area contributed by atoms with Crippen molar-refractivity contribution in [2.24, 2.45) is 7.05 Å². The summed E-state index contributed by atoms with van der Waals surface area (Å²) in [6.45, 7) is 1.72. The number of aromatic nitrogens is 1. The molecule has 1 unspecified atom stereocenters. The second-order valence-electron chi connectivity index (χ2n) is 5.53. The maximum absolute atomic E-state index is 12.6. The van der Waals surface area contributed by atoms with Crippen LogP contribution in [0.4, 0.5) is 17.2 Å². The lowest BCUT2D eigenvalue weighted by molar-refractivity contribution is 0.686. The molecule has 0 saturated carbocycles. The van der Waals surface area contributed by atoms with Crippen molar-refractivity contribution in [3.8, 4) is 0 Å². The maximum atomic E-state index is 12.6. The third-order valence-electron chi connectivity index (χ3n) is 3.69. The van der Waals surface area contributed by atoms with Gasteiger partial charge in [0.05, 0.1) is 21.3 Å². The number of anilines is 3. The number of pyridine rings is 1. The Morgan fingerprint density at radius 1 is 1.23 bits per heavy atom. The number of hydrogen-bond donors (Lipinski definition) is 2. The molecule has 136 valence electrons. The third-order valence-corrected chi connectivity index (χ3v) is 6.42. The fraction of sp³-hybridized carbons (Fsp3) is 0.118. The van der Waals surface area contributed by atoms with Gasteiger partial charge >= 0.3 is 0 Å². The van der Waals surface area contributed by atoms with Crippen LogP contribution in [0.15, 0.2) is 55.3 Å². The first-order chi connectivity index (χ1) is 12.4. The van der Waals surface area contributed by atoms with Crippen LogP contribution in [0.3, 0.4) is 0 Å². The van der Waals surface area contributed by atoms with Crippen molar-refractivity contribution in [1.82, 2.24) is 4.57 Å². The highest BCUT2D eigenvalue weighted by atomic mass is 79.9. The molecule has 1 aromatic carbocycles. The lowest BCUT2D eigenvalue weighted by Crippen LogP contribution is -2.23. The van der Waals surface area contributed by atoms with Crippen LogP contribution in [0, 0.1) is 6.92 Å². The first-order valence-corrected chi connectivity index (χ1v) is 10.8. The summed E-state index contributed by atoms with van der Waals surface area (Å²) in [6.07, 6.45) is 0. The van der Waals surface area contributed by atoms with Gasteiger partial charge in [-0.15, -0.1) is 0 Å². The van der Waals surface area contributed by atoms with Gasteiger partial charge in [0.1, 0.15) is 5.82 Å². The highest BCUT2D eigenvalue weighted by Gasteiger charge is 2.15. The Kier molecular flexibility index (Phi) is 5.86. The largest absolute Gasteiger partial charge is 0.339 e. The van der Waals surface area contributed by atoms with Crippen LogP contribution in [0.25, 0.3) is 0 Å². The Morgan fingerprint density at radius 3 is 2.65 bits per heavy atom. The lowest BCUT2D eigenvalue weighted by atomic mass is 10.2. The summed E-state index contributed by atoms with van der Waals surface area (Å²) in [7, 11) is 0.217. The minimum atomic E-state index is -1.44. The second kappa shape index (κ2) is 7.96. The van der Waals surface area contributed by atoms with Crippen LogP contribution in [0.5, 0.6) is 0 Å². The highest BCUT2D eigenvalue weighted by molar-refractivity contribution is 9.10. The fourth-order valence-electron chi connectivity index (χ4n) is 2.36. The van der Waals surface area contributed by atoms with E-state index in [1.54, 1.807) is 38.2 Å². The number of nitrogens with one attached hydrogen (secondary N) is 2. The standard InChI is InChI=1S/C17H15BrClN3O2S2/c1-10-7-15(21-26(24)12-5-6-25-9-12)16(22(2)17(10)23)20-14-4-3-11(18)8-13(14)19/h3-9,20-21H,1-2H3. The number of benzene rings is 1. The van der Waals surface area contributed by atoms with E-state index in [9.17, 15) is 9.00 Å². The number of rotatable bonds is 5. The zero-order valence-electron chi connectivity index (χ0n) is 13.9. The predicted octanol–water partition coefficient (Wildman–Crippen LogP) is 5.05. The molecule has 0 bridgehead atoms. The Morgan fingerprint density at radius 2 is 2.00 bits per heavy atom. The van der Waals surface area contributed by atoms with Gasteiger partial charge in [0, 0.05) is 22.5 Å². The molecule has 2 aromatic heterocycles. The van der Waals surface area contributed by atoms with E-state index in [4.69, 9.17) is 11.6 Å². The van der Waals surface area contributed by atoms with E-state index in [0.29, 0.717) is 32.7 Å². The zero-order chi connectivity index (χ0) is 18.8. The minimum absolute atomic E-state index is 0.146. The highest BCUT2D eigenvalue weighted by Crippen LogP contribution is 2.31. The van der Waals surface area contributed by atoms with Crippen molar-refractivity contribution in [1.29, 1.82) is 0 Å². The predicted molar refractivity (Wildman–Crippen MR) is 113 cm³/mol. The first kappa shape index (κ1) is 19.2. The summed E-state index contributed by atoms with van der Waals surface area (Å²) in [4.78, 5) is 13.0. The van der Waals surface area contributed by atoms with Crippen molar-refractivity contribution >= 4 is 67.0 Å². The molecule has 3 rings (SSSR count). The van der Waals surface area contributed by atoms with Crippen LogP contribution in [-0.4, -0.2) is 8.78 Å². The summed E-state index contributed by atoms with van der Waals surface area (Å²) in [6, 6.07) is 8.88. The Labute approximate surface area is 170 Å². The van der Waals surface area contributed by atoms with Gasteiger partial charge in [0.15, 0.2) is 11.0 Å². The summed E-state index contributed by atoms with van der Waals surface area (Å²) in [5.41, 5.74) is 1.59. The number of thiophene rings is 1. The van der Waals surface area contributed by atoms with Gasteiger partial charge in [0.2, 0.25) is 0 Å². The van der Waals surface area contributed by atoms with E-state index >= 15 is 0 Å². The molecule has 26 heavy (non-hydrogen) atoms. The van der Waals surface area contributed by atoms with Gasteiger partial charge in [-0.05, 0) is 42.6 Å². The Bertz CT molecular complexity index is 1040. The first-order valence-electron chi connectivity index (χ1n) is 7.50. The molecular formula is C17H15BrClN3O2S2. The van der Waals surface area contributed by atoms with Crippen LogP contribution in [0.1, 0.15) is 5.56 Å². The van der Waals surface area contributed by atoms with Gasteiger partial charge in [-0.3, -0.25) is 14.1 Å². The number of nitrogens with zero attached hydrogens (tertiary/aromatic N) is 1. The molecule has 2 N–H and O–H groups in total. The second-order valence-corrected chi connectivity index (χ2v) is 8.85. The van der Waals surface area contributed by atoms with E-state index in [1.807, 2.05) is 16.8 Å². The zero-order valence-corrected chi connectivity index (χ0v) is 17.9. The summed E-state index contributed by atoms with van der Waals surface area (Å²) in [5.74, 6) is 0.480. The molecule has 5 nitrogen and oxygen atoms in total. The summed E-state index contributed by atoms with van der Waals surface area (Å²) >= 11 is 11.1. The molecule has 3 aromatic rings. The molecule has 0 fully saturated rings. The molecule has 1 atom stereocenters. The van der Waals surface area contributed by atoms with Crippen molar-refractivity contribution < 1.29 is 4.21 Å². The van der Waals surface area contributed by atoms with E-state index in [2.05, 4.69) is 26.0 Å². The average molecular weight is 473 g/mol. The summed E-state index contributed by atoms with van der Waals surface area (Å²) in [5, 5.41) is 7.35. The molecule has 0 radical (unpaired) electrons. The normalized spacial score (nSPS) is 12.0. The fourth-order valence-corrected chi connectivity index (χ4v) is 4.86.